The minimum atomic E-state index is 0. The zero-order chi connectivity index (χ0) is 15.9. The van der Waals surface area contributed by atoms with E-state index in [2.05, 4.69) is 48.2 Å². The maximum absolute atomic E-state index is 5.05. The van der Waals surface area contributed by atoms with Gasteiger partial charge in [0.25, 0.3) is 0 Å². The molecule has 1 aliphatic rings. The van der Waals surface area contributed by atoms with Crippen LogP contribution in [0.5, 0.6) is 0 Å². The molecule has 0 saturated carbocycles. The number of hydrogen-bond donors (Lipinski definition) is 2. The van der Waals surface area contributed by atoms with Gasteiger partial charge in [0.15, 0.2) is 5.96 Å². The fourth-order valence-electron chi connectivity index (χ4n) is 3.06. The number of nitrogens with one attached hydrogen (secondary N) is 2. The average Bonchev–Trinajstić information content (AvgIpc) is 2.41. The number of piperidine rings is 1. The number of guanidine groups is 1. The molecule has 5 nitrogen and oxygen atoms in total. The van der Waals surface area contributed by atoms with Crippen molar-refractivity contribution in [2.45, 2.75) is 39.7 Å². The van der Waals surface area contributed by atoms with Crippen LogP contribution in [0.25, 0.3) is 0 Å². The molecule has 1 heterocycles. The highest BCUT2D eigenvalue weighted by molar-refractivity contribution is 14.0. The maximum atomic E-state index is 5.05. The van der Waals surface area contributed by atoms with Crippen LogP contribution in [0.2, 0.25) is 0 Å². The third-order valence-corrected chi connectivity index (χ3v) is 4.24. The molecule has 0 aromatic heterocycles. The summed E-state index contributed by atoms with van der Waals surface area (Å²) < 4.78 is 5.05. The van der Waals surface area contributed by atoms with Crippen LogP contribution in [-0.2, 0) is 4.74 Å². The summed E-state index contributed by atoms with van der Waals surface area (Å²) in [6.07, 6.45) is 1.35. The number of aliphatic imine (C=N–C) groups is 1. The topological polar surface area (TPSA) is 48.9 Å². The van der Waals surface area contributed by atoms with Gasteiger partial charge in [-0.25, -0.2) is 0 Å². The number of nitrogens with zero attached hydrogens (tertiary/aromatic N) is 2. The maximum Gasteiger partial charge on any atom is 0.191 e. The summed E-state index contributed by atoms with van der Waals surface area (Å²) in [5.41, 5.74) is 0.127. The summed E-state index contributed by atoms with van der Waals surface area (Å²) in [7, 11) is 3.51. The quantitative estimate of drug-likeness (QED) is 0.296. The van der Waals surface area contributed by atoms with Gasteiger partial charge in [-0.05, 0) is 32.1 Å². The molecule has 2 unspecified atom stereocenters. The Morgan fingerprint density at radius 1 is 1.23 bits per heavy atom. The Balaban J connectivity index is 0.00000441. The Kier molecular flexibility index (Phi) is 10.6. The van der Waals surface area contributed by atoms with Crippen LogP contribution in [0.3, 0.4) is 0 Å². The highest BCUT2D eigenvalue weighted by Crippen LogP contribution is 2.26. The number of likely N-dealkylation sites (tertiary alicyclic amines) is 1. The van der Waals surface area contributed by atoms with Gasteiger partial charge in [0.2, 0.25) is 0 Å². The molecular weight excluding hydrogens is 391 g/mol. The van der Waals surface area contributed by atoms with Gasteiger partial charge in [-0.3, -0.25) is 9.89 Å². The first-order valence-corrected chi connectivity index (χ1v) is 8.07. The summed E-state index contributed by atoms with van der Waals surface area (Å²) in [6.45, 7) is 14.1. The van der Waals surface area contributed by atoms with Crippen LogP contribution in [0.4, 0.5) is 0 Å². The second-order valence-electron chi connectivity index (χ2n) is 7.01. The van der Waals surface area contributed by atoms with Crippen LogP contribution in [0, 0.1) is 11.8 Å². The SMILES string of the molecule is CN=C(NCCOC)NCC(C)(C)N1CC(C)CC(C)C1.I. The van der Waals surface area contributed by atoms with E-state index in [0.717, 1.165) is 30.9 Å². The number of halogens is 1. The van der Waals surface area contributed by atoms with Crippen molar-refractivity contribution >= 4 is 29.9 Å². The molecule has 1 aliphatic heterocycles. The smallest absolute Gasteiger partial charge is 0.191 e. The molecular formula is C16H35IN4O. The van der Waals surface area contributed by atoms with Gasteiger partial charge in [0, 0.05) is 45.9 Å². The van der Waals surface area contributed by atoms with E-state index in [4.69, 9.17) is 4.74 Å². The Labute approximate surface area is 153 Å². The highest BCUT2D eigenvalue weighted by Gasteiger charge is 2.32. The van der Waals surface area contributed by atoms with Crippen molar-refractivity contribution in [2.24, 2.45) is 16.8 Å². The van der Waals surface area contributed by atoms with Crippen molar-refractivity contribution < 1.29 is 4.74 Å². The molecule has 0 aromatic rings. The van der Waals surface area contributed by atoms with Gasteiger partial charge in [-0.1, -0.05) is 13.8 Å². The zero-order valence-corrected chi connectivity index (χ0v) is 17.4. The summed E-state index contributed by atoms with van der Waals surface area (Å²) in [4.78, 5) is 6.87. The first-order chi connectivity index (χ1) is 9.89. The van der Waals surface area contributed by atoms with E-state index in [0.29, 0.717) is 6.61 Å². The lowest BCUT2D eigenvalue weighted by Gasteiger charge is -2.45. The predicted molar refractivity (Wildman–Crippen MR) is 105 cm³/mol. The molecule has 1 fully saturated rings. The monoisotopic (exact) mass is 426 g/mol. The average molecular weight is 426 g/mol. The second-order valence-corrected chi connectivity index (χ2v) is 7.01. The van der Waals surface area contributed by atoms with Crippen molar-refractivity contribution in [2.75, 3.05) is 46.9 Å². The molecule has 6 heteroatoms. The number of methoxy groups -OCH3 is 1. The van der Waals surface area contributed by atoms with Gasteiger partial charge < -0.3 is 15.4 Å². The standard InChI is InChI=1S/C16H34N4O.HI/c1-13-9-14(2)11-20(10-13)16(3,4)12-19-15(17-5)18-7-8-21-6;/h13-14H,7-12H2,1-6H3,(H2,17,18,19);1H. The Hall–Kier alpha value is -0.0800. The van der Waals surface area contributed by atoms with Gasteiger partial charge in [-0.2, -0.15) is 0 Å². The fraction of sp³-hybridized carbons (Fsp3) is 0.938. The predicted octanol–water partition coefficient (Wildman–Crippen LogP) is 2.17. The molecule has 2 atom stereocenters. The number of rotatable bonds is 6. The van der Waals surface area contributed by atoms with E-state index < -0.39 is 0 Å². The van der Waals surface area contributed by atoms with Crippen LogP contribution < -0.4 is 10.6 Å². The molecule has 132 valence electrons. The lowest BCUT2D eigenvalue weighted by atomic mass is 9.88. The van der Waals surface area contributed by atoms with Gasteiger partial charge in [0.05, 0.1) is 6.61 Å². The van der Waals surface area contributed by atoms with E-state index in [1.165, 1.54) is 19.5 Å². The van der Waals surface area contributed by atoms with Crippen molar-refractivity contribution in [3.63, 3.8) is 0 Å². The minimum absolute atomic E-state index is 0. The summed E-state index contributed by atoms with van der Waals surface area (Å²) >= 11 is 0. The lowest BCUT2D eigenvalue weighted by Crippen LogP contribution is -2.57. The molecule has 0 aromatic carbocycles. The molecule has 0 aliphatic carbocycles. The van der Waals surface area contributed by atoms with Crippen LogP contribution in [-0.4, -0.2) is 63.3 Å². The molecule has 0 bridgehead atoms. The van der Waals surface area contributed by atoms with E-state index in [9.17, 15) is 0 Å². The Morgan fingerprint density at radius 3 is 2.32 bits per heavy atom. The van der Waals surface area contributed by atoms with Crippen LogP contribution in [0.1, 0.15) is 34.1 Å². The van der Waals surface area contributed by atoms with E-state index >= 15 is 0 Å². The van der Waals surface area contributed by atoms with Gasteiger partial charge >= 0.3 is 0 Å². The first-order valence-electron chi connectivity index (χ1n) is 8.07. The van der Waals surface area contributed by atoms with Crippen LogP contribution >= 0.6 is 24.0 Å². The van der Waals surface area contributed by atoms with Crippen molar-refractivity contribution in [1.82, 2.24) is 15.5 Å². The molecule has 2 N–H and O–H groups in total. The summed E-state index contributed by atoms with van der Waals surface area (Å²) in [6, 6.07) is 0. The third kappa shape index (κ3) is 7.46. The lowest BCUT2D eigenvalue weighted by molar-refractivity contribution is 0.0483. The van der Waals surface area contributed by atoms with Crippen molar-refractivity contribution in [3.8, 4) is 0 Å². The Bertz CT molecular complexity index is 326. The molecule has 1 saturated heterocycles. The molecule has 0 radical (unpaired) electrons. The van der Waals surface area contributed by atoms with E-state index in [1.54, 1.807) is 14.2 Å². The highest BCUT2D eigenvalue weighted by atomic mass is 127. The normalized spacial score (nSPS) is 23.8. The largest absolute Gasteiger partial charge is 0.383 e. The summed E-state index contributed by atoms with van der Waals surface area (Å²) in [5.74, 6) is 2.41. The second kappa shape index (κ2) is 10.6. The van der Waals surface area contributed by atoms with E-state index in [1.807, 2.05) is 0 Å². The zero-order valence-electron chi connectivity index (χ0n) is 15.1. The first kappa shape index (κ1) is 21.9. The van der Waals surface area contributed by atoms with Crippen molar-refractivity contribution in [1.29, 1.82) is 0 Å². The van der Waals surface area contributed by atoms with Gasteiger partial charge in [-0.15, -0.1) is 24.0 Å². The molecule has 22 heavy (non-hydrogen) atoms. The fourth-order valence-corrected chi connectivity index (χ4v) is 3.06. The minimum Gasteiger partial charge on any atom is -0.383 e. The number of hydrogen-bond acceptors (Lipinski definition) is 3. The Morgan fingerprint density at radius 2 is 1.82 bits per heavy atom. The van der Waals surface area contributed by atoms with Crippen molar-refractivity contribution in [3.05, 3.63) is 0 Å². The van der Waals surface area contributed by atoms with E-state index in [-0.39, 0.29) is 29.5 Å². The van der Waals surface area contributed by atoms with Gasteiger partial charge in [0.1, 0.15) is 0 Å². The summed E-state index contributed by atoms with van der Waals surface area (Å²) in [5, 5.41) is 6.70. The third-order valence-electron chi connectivity index (χ3n) is 4.24. The van der Waals surface area contributed by atoms with Crippen LogP contribution in [0.15, 0.2) is 4.99 Å². The molecule has 1 rings (SSSR count). The molecule has 0 amide bonds. The molecule has 0 spiro atoms. The number of ether oxygens (including phenoxy) is 1.